The Morgan fingerprint density at radius 1 is 1.29 bits per heavy atom. The van der Waals surface area contributed by atoms with Crippen LogP contribution in [0.3, 0.4) is 0 Å². The van der Waals surface area contributed by atoms with Crippen LogP contribution < -0.4 is 5.32 Å². The summed E-state index contributed by atoms with van der Waals surface area (Å²) in [4.78, 5) is 4.42. The van der Waals surface area contributed by atoms with Gasteiger partial charge in [0.1, 0.15) is 5.84 Å². The largest absolute Gasteiger partial charge is 0.344 e. The second-order valence-electron chi connectivity index (χ2n) is 3.42. The molecule has 3 heteroatoms. The summed E-state index contributed by atoms with van der Waals surface area (Å²) in [6.45, 7) is 0.947. The van der Waals surface area contributed by atoms with Crippen LogP contribution in [-0.4, -0.2) is 12.4 Å². The minimum atomic E-state index is 0.756. The van der Waals surface area contributed by atoms with Crippen molar-refractivity contribution in [3.05, 3.63) is 29.3 Å². The molecule has 1 heterocycles. The second-order valence-corrected chi connectivity index (χ2v) is 3.86. The topological polar surface area (TPSA) is 24.4 Å². The number of halogens is 1. The molecule has 1 N–H and O–H groups in total. The van der Waals surface area contributed by atoms with E-state index in [1.807, 2.05) is 24.3 Å². The molecule has 0 radical (unpaired) electrons. The molecule has 0 saturated carbocycles. The van der Waals surface area contributed by atoms with E-state index in [1.54, 1.807) is 0 Å². The number of amidine groups is 1. The van der Waals surface area contributed by atoms with Crippen LogP contribution in [-0.2, 0) is 0 Å². The quantitative estimate of drug-likeness (QED) is 0.752. The van der Waals surface area contributed by atoms with Crippen molar-refractivity contribution in [2.45, 2.75) is 19.3 Å². The number of anilines is 1. The number of nitrogens with zero attached hydrogens (tertiary/aromatic N) is 1. The molecule has 0 saturated heterocycles. The lowest BCUT2D eigenvalue weighted by Gasteiger charge is -2.13. The molecular formula is C11H13ClN2. The summed E-state index contributed by atoms with van der Waals surface area (Å²) in [7, 11) is 0. The van der Waals surface area contributed by atoms with Crippen molar-refractivity contribution >= 4 is 23.1 Å². The van der Waals surface area contributed by atoms with E-state index in [0.29, 0.717) is 0 Å². The zero-order valence-corrected chi connectivity index (χ0v) is 8.72. The number of rotatable bonds is 1. The van der Waals surface area contributed by atoms with Gasteiger partial charge in [0.05, 0.1) is 0 Å². The number of hydrogen-bond donors (Lipinski definition) is 1. The number of nitrogens with one attached hydrogen (secondary N) is 1. The minimum Gasteiger partial charge on any atom is -0.344 e. The van der Waals surface area contributed by atoms with Gasteiger partial charge >= 0.3 is 0 Å². The van der Waals surface area contributed by atoms with Gasteiger partial charge in [-0.05, 0) is 31.0 Å². The summed E-state index contributed by atoms with van der Waals surface area (Å²) in [6, 6.07) is 7.73. The van der Waals surface area contributed by atoms with Crippen LogP contribution in [0, 0.1) is 0 Å². The summed E-state index contributed by atoms with van der Waals surface area (Å²) in [6.07, 6.45) is 3.49. The van der Waals surface area contributed by atoms with Gasteiger partial charge in [-0.2, -0.15) is 0 Å². The Morgan fingerprint density at radius 2 is 2.21 bits per heavy atom. The van der Waals surface area contributed by atoms with Gasteiger partial charge in [0.15, 0.2) is 0 Å². The molecule has 74 valence electrons. The van der Waals surface area contributed by atoms with E-state index >= 15 is 0 Å². The smallest absolute Gasteiger partial charge is 0.101 e. The molecule has 0 amide bonds. The van der Waals surface area contributed by atoms with E-state index in [1.165, 1.54) is 12.8 Å². The van der Waals surface area contributed by atoms with E-state index in [2.05, 4.69) is 10.3 Å². The predicted octanol–water partition coefficient (Wildman–Crippen LogP) is 3.33. The van der Waals surface area contributed by atoms with Crippen LogP contribution >= 0.6 is 11.6 Å². The Balaban J connectivity index is 2.06. The van der Waals surface area contributed by atoms with Gasteiger partial charge in [0.25, 0.3) is 0 Å². The lowest BCUT2D eigenvalue weighted by atomic mass is 10.2. The van der Waals surface area contributed by atoms with Crippen molar-refractivity contribution in [2.75, 3.05) is 11.9 Å². The fraction of sp³-hybridized carbons (Fsp3) is 0.364. The Kier molecular flexibility index (Phi) is 3.04. The zero-order valence-electron chi connectivity index (χ0n) is 7.96. The monoisotopic (exact) mass is 208 g/mol. The highest BCUT2D eigenvalue weighted by Crippen LogP contribution is 2.16. The number of aliphatic imine (C=N–C) groups is 1. The van der Waals surface area contributed by atoms with Crippen molar-refractivity contribution < 1.29 is 0 Å². The van der Waals surface area contributed by atoms with E-state index in [9.17, 15) is 0 Å². The van der Waals surface area contributed by atoms with Crippen LogP contribution in [0.1, 0.15) is 19.3 Å². The third-order valence-corrected chi connectivity index (χ3v) is 2.47. The normalized spacial score (nSPS) is 16.2. The second kappa shape index (κ2) is 4.47. The van der Waals surface area contributed by atoms with Crippen LogP contribution in [0.4, 0.5) is 5.69 Å². The average Bonchev–Trinajstić information content (AvgIpc) is 2.19. The molecular weight excluding hydrogens is 196 g/mol. The first-order valence-corrected chi connectivity index (χ1v) is 5.28. The predicted molar refractivity (Wildman–Crippen MR) is 61.2 cm³/mol. The van der Waals surface area contributed by atoms with E-state index in [-0.39, 0.29) is 0 Å². The van der Waals surface area contributed by atoms with Crippen molar-refractivity contribution in [1.82, 2.24) is 0 Å². The summed E-state index contributed by atoms with van der Waals surface area (Å²) in [5, 5.41) is 4.04. The summed E-state index contributed by atoms with van der Waals surface area (Å²) in [5.74, 6) is 1.08. The lowest BCUT2D eigenvalue weighted by Crippen LogP contribution is -2.15. The molecule has 1 aliphatic heterocycles. The van der Waals surface area contributed by atoms with Gasteiger partial charge in [0.2, 0.25) is 0 Å². The van der Waals surface area contributed by atoms with Crippen molar-refractivity contribution in [3.63, 3.8) is 0 Å². The van der Waals surface area contributed by atoms with Crippen LogP contribution in [0.25, 0.3) is 0 Å². The fourth-order valence-electron chi connectivity index (χ4n) is 1.53. The van der Waals surface area contributed by atoms with Crippen LogP contribution in [0.15, 0.2) is 29.3 Å². The SMILES string of the molecule is Clc1cccc(NC2=NCCCC2)c1. The van der Waals surface area contributed by atoms with Gasteiger partial charge in [-0.15, -0.1) is 0 Å². The first-order chi connectivity index (χ1) is 6.84. The minimum absolute atomic E-state index is 0.756. The molecule has 14 heavy (non-hydrogen) atoms. The van der Waals surface area contributed by atoms with Crippen molar-refractivity contribution in [2.24, 2.45) is 4.99 Å². The molecule has 1 aromatic carbocycles. The molecule has 2 nitrogen and oxygen atoms in total. The van der Waals surface area contributed by atoms with Gasteiger partial charge in [-0.25, -0.2) is 0 Å². The maximum Gasteiger partial charge on any atom is 0.101 e. The molecule has 0 bridgehead atoms. The standard InChI is InChI=1S/C11H13ClN2/c12-9-4-3-5-10(8-9)14-11-6-1-2-7-13-11/h3-5,8H,1-2,6-7H2,(H,13,14). The summed E-state index contributed by atoms with van der Waals surface area (Å²) >= 11 is 5.88. The van der Waals surface area contributed by atoms with E-state index in [4.69, 9.17) is 11.6 Å². The highest BCUT2D eigenvalue weighted by Gasteiger charge is 2.04. The molecule has 0 aromatic heterocycles. The number of benzene rings is 1. The molecule has 2 rings (SSSR count). The Morgan fingerprint density at radius 3 is 2.93 bits per heavy atom. The average molecular weight is 209 g/mol. The fourth-order valence-corrected chi connectivity index (χ4v) is 1.72. The van der Waals surface area contributed by atoms with Crippen LogP contribution in [0.2, 0.25) is 5.02 Å². The van der Waals surface area contributed by atoms with Gasteiger partial charge in [0, 0.05) is 23.7 Å². The maximum absolute atomic E-state index is 5.88. The van der Waals surface area contributed by atoms with Gasteiger partial charge in [-0.3, -0.25) is 4.99 Å². The molecule has 1 aromatic rings. The first kappa shape index (κ1) is 9.53. The maximum atomic E-state index is 5.88. The highest BCUT2D eigenvalue weighted by molar-refractivity contribution is 6.30. The Hall–Kier alpha value is -1.02. The highest BCUT2D eigenvalue weighted by atomic mass is 35.5. The number of hydrogen-bond acceptors (Lipinski definition) is 2. The lowest BCUT2D eigenvalue weighted by molar-refractivity contribution is 0.737. The van der Waals surface area contributed by atoms with E-state index in [0.717, 1.165) is 29.5 Å². The molecule has 0 fully saturated rings. The van der Waals surface area contributed by atoms with Gasteiger partial charge in [-0.1, -0.05) is 17.7 Å². The molecule has 0 atom stereocenters. The van der Waals surface area contributed by atoms with Crippen molar-refractivity contribution in [1.29, 1.82) is 0 Å². The third-order valence-electron chi connectivity index (χ3n) is 2.24. The van der Waals surface area contributed by atoms with Crippen molar-refractivity contribution in [3.8, 4) is 0 Å². The Bertz CT molecular complexity index is 347. The molecule has 0 spiro atoms. The zero-order chi connectivity index (χ0) is 9.80. The Labute approximate surface area is 89.0 Å². The summed E-state index contributed by atoms with van der Waals surface area (Å²) in [5.41, 5.74) is 1.03. The van der Waals surface area contributed by atoms with Crippen LogP contribution in [0.5, 0.6) is 0 Å². The third kappa shape index (κ3) is 2.48. The molecule has 0 aliphatic carbocycles. The first-order valence-electron chi connectivity index (χ1n) is 4.90. The molecule has 0 unspecified atom stereocenters. The van der Waals surface area contributed by atoms with Gasteiger partial charge < -0.3 is 5.32 Å². The van der Waals surface area contributed by atoms with E-state index < -0.39 is 0 Å². The molecule has 1 aliphatic rings. The summed E-state index contributed by atoms with van der Waals surface area (Å²) < 4.78 is 0.